The van der Waals surface area contributed by atoms with Gasteiger partial charge in [-0.1, -0.05) is 85.8 Å². The van der Waals surface area contributed by atoms with Crippen LogP contribution in [-0.4, -0.2) is 48.2 Å². The lowest BCUT2D eigenvalue weighted by atomic mass is 9.98. The third kappa shape index (κ3) is 5.19. The molecular weight excluding hydrogens is 444 g/mol. The summed E-state index contributed by atoms with van der Waals surface area (Å²) in [6, 6.07) is 23.9. The Kier molecular flexibility index (Phi) is 7.15. The lowest BCUT2D eigenvalue weighted by molar-refractivity contribution is -0.143. The number of alkyl carbamates (subject to hydrolysis) is 1. The van der Waals surface area contributed by atoms with Crippen LogP contribution in [0.15, 0.2) is 78.9 Å². The fourth-order valence-electron chi connectivity index (χ4n) is 4.49. The van der Waals surface area contributed by atoms with E-state index in [9.17, 15) is 19.5 Å². The summed E-state index contributed by atoms with van der Waals surface area (Å²) < 4.78 is 5.63. The van der Waals surface area contributed by atoms with Gasteiger partial charge in [0.25, 0.3) is 0 Å². The Morgan fingerprint density at radius 2 is 1.46 bits per heavy atom. The molecule has 35 heavy (non-hydrogen) atoms. The number of carbonyl (C=O) groups excluding carboxylic acids is 2. The molecule has 0 fully saturated rings. The highest BCUT2D eigenvalue weighted by molar-refractivity contribution is 5.87. The molecule has 2 amide bonds. The van der Waals surface area contributed by atoms with Gasteiger partial charge in [0.1, 0.15) is 12.6 Å². The monoisotopic (exact) mass is 472 g/mol. The molecule has 0 saturated carbocycles. The first-order valence-electron chi connectivity index (χ1n) is 11.5. The van der Waals surface area contributed by atoms with E-state index >= 15 is 0 Å². The largest absolute Gasteiger partial charge is 0.481 e. The van der Waals surface area contributed by atoms with Crippen LogP contribution in [0.25, 0.3) is 11.1 Å². The van der Waals surface area contributed by atoms with Gasteiger partial charge in [-0.2, -0.15) is 0 Å². The van der Waals surface area contributed by atoms with E-state index in [-0.39, 0.29) is 19.1 Å². The Labute approximate surface area is 204 Å². The fraction of sp³-hybridized carbons (Fsp3) is 0.250. The van der Waals surface area contributed by atoms with E-state index in [0.29, 0.717) is 5.56 Å². The number of fused-ring (bicyclic) bond motifs is 3. The quantitative estimate of drug-likeness (QED) is 0.505. The molecule has 1 unspecified atom stereocenters. The average Bonchev–Trinajstić information content (AvgIpc) is 3.19. The van der Waals surface area contributed by atoms with Crippen molar-refractivity contribution in [2.75, 3.05) is 20.2 Å². The summed E-state index contributed by atoms with van der Waals surface area (Å²) in [5.74, 6) is -2.25. The molecule has 1 aliphatic rings. The van der Waals surface area contributed by atoms with Gasteiger partial charge in [-0.25, -0.2) is 4.79 Å². The van der Waals surface area contributed by atoms with Crippen molar-refractivity contribution in [2.45, 2.75) is 18.9 Å². The van der Waals surface area contributed by atoms with Crippen LogP contribution in [0.2, 0.25) is 0 Å². The number of nitrogens with one attached hydrogen (secondary N) is 1. The zero-order valence-electron chi connectivity index (χ0n) is 19.7. The number of benzene rings is 3. The van der Waals surface area contributed by atoms with Crippen molar-refractivity contribution in [3.8, 4) is 11.1 Å². The van der Waals surface area contributed by atoms with Crippen LogP contribution in [0.1, 0.15) is 35.6 Å². The molecule has 7 heteroatoms. The van der Waals surface area contributed by atoms with Gasteiger partial charge in [0, 0.05) is 19.5 Å². The van der Waals surface area contributed by atoms with E-state index in [0.717, 1.165) is 22.3 Å². The molecule has 4 rings (SSSR count). The minimum atomic E-state index is -1.00. The highest BCUT2D eigenvalue weighted by Gasteiger charge is 2.31. The minimum Gasteiger partial charge on any atom is -0.481 e. The van der Waals surface area contributed by atoms with Gasteiger partial charge >= 0.3 is 12.1 Å². The molecule has 1 aliphatic carbocycles. The second-order valence-electron chi connectivity index (χ2n) is 8.77. The maximum absolute atomic E-state index is 13.2. The maximum Gasteiger partial charge on any atom is 0.408 e. The Morgan fingerprint density at radius 1 is 0.914 bits per heavy atom. The van der Waals surface area contributed by atoms with E-state index in [2.05, 4.69) is 17.4 Å². The smallest absolute Gasteiger partial charge is 0.408 e. The number of amides is 2. The van der Waals surface area contributed by atoms with E-state index in [1.165, 1.54) is 18.9 Å². The molecule has 2 N–H and O–H groups in total. The van der Waals surface area contributed by atoms with Gasteiger partial charge in [0.15, 0.2) is 0 Å². The molecule has 0 bridgehead atoms. The maximum atomic E-state index is 13.2. The topological polar surface area (TPSA) is 95.9 Å². The van der Waals surface area contributed by atoms with Gasteiger partial charge in [-0.05, 0) is 27.8 Å². The summed E-state index contributed by atoms with van der Waals surface area (Å²) in [7, 11) is 1.52. The molecule has 3 aromatic carbocycles. The number of likely N-dealkylation sites (N-methyl/N-ethyl adjacent to an activating group) is 1. The molecule has 0 saturated heterocycles. The molecule has 0 aromatic heterocycles. The summed E-state index contributed by atoms with van der Waals surface area (Å²) >= 11 is 0. The number of rotatable bonds is 8. The molecule has 0 aliphatic heterocycles. The van der Waals surface area contributed by atoms with Crippen LogP contribution in [-0.2, 0) is 14.3 Å². The van der Waals surface area contributed by atoms with Crippen molar-refractivity contribution < 1.29 is 24.2 Å². The van der Waals surface area contributed by atoms with Crippen molar-refractivity contribution in [1.82, 2.24) is 10.2 Å². The Morgan fingerprint density at radius 3 is 2.03 bits per heavy atom. The van der Waals surface area contributed by atoms with E-state index < -0.39 is 29.9 Å². The lowest BCUT2D eigenvalue weighted by Gasteiger charge is -2.26. The van der Waals surface area contributed by atoms with Crippen molar-refractivity contribution in [3.05, 3.63) is 95.6 Å². The summed E-state index contributed by atoms with van der Waals surface area (Å²) in [4.78, 5) is 38.6. The van der Waals surface area contributed by atoms with Crippen LogP contribution in [0.3, 0.4) is 0 Å². The van der Waals surface area contributed by atoms with E-state index in [1.807, 2.05) is 42.5 Å². The molecule has 0 spiro atoms. The Hall–Kier alpha value is -4.13. The van der Waals surface area contributed by atoms with Crippen molar-refractivity contribution in [3.63, 3.8) is 0 Å². The number of hydrogen-bond acceptors (Lipinski definition) is 4. The van der Waals surface area contributed by atoms with Gasteiger partial charge < -0.3 is 20.1 Å². The van der Waals surface area contributed by atoms with Crippen LogP contribution in [0.4, 0.5) is 4.79 Å². The fourth-order valence-corrected chi connectivity index (χ4v) is 4.49. The first-order chi connectivity index (χ1) is 16.9. The van der Waals surface area contributed by atoms with Crippen LogP contribution in [0.5, 0.6) is 0 Å². The number of aliphatic carboxylic acids is 1. The first-order valence-corrected chi connectivity index (χ1v) is 11.5. The number of ether oxygens (including phenoxy) is 1. The second-order valence-corrected chi connectivity index (χ2v) is 8.77. The van der Waals surface area contributed by atoms with Gasteiger partial charge in [0.05, 0.1) is 5.92 Å². The van der Waals surface area contributed by atoms with Crippen molar-refractivity contribution >= 4 is 18.0 Å². The number of carbonyl (C=O) groups is 3. The van der Waals surface area contributed by atoms with E-state index in [1.54, 1.807) is 24.3 Å². The van der Waals surface area contributed by atoms with Crippen molar-refractivity contribution in [2.24, 2.45) is 5.92 Å². The van der Waals surface area contributed by atoms with Crippen molar-refractivity contribution in [1.29, 1.82) is 0 Å². The van der Waals surface area contributed by atoms with Gasteiger partial charge in [0.2, 0.25) is 5.91 Å². The van der Waals surface area contributed by atoms with E-state index in [4.69, 9.17) is 4.74 Å². The zero-order valence-corrected chi connectivity index (χ0v) is 19.7. The third-order valence-electron chi connectivity index (χ3n) is 6.33. The normalized spacial score (nSPS) is 13.8. The van der Waals surface area contributed by atoms with Crippen LogP contribution >= 0.6 is 0 Å². The predicted octanol–water partition coefficient (Wildman–Crippen LogP) is 4.45. The molecule has 0 radical (unpaired) electrons. The predicted molar refractivity (Wildman–Crippen MR) is 132 cm³/mol. The number of carboxylic acid groups (broad SMARTS) is 1. The molecule has 3 aromatic rings. The van der Waals surface area contributed by atoms with Crippen LogP contribution < -0.4 is 5.32 Å². The van der Waals surface area contributed by atoms with Gasteiger partial charge in [-0.15, -0.1) is 0 Å². The standard InChI is InChI=1S/C28H28N2O5/c1-18(27(32)33)16-30(2)26(31)25(19-10-4-3-5-11-19)29-28(34)35-17-24-22-14-8-6-12-20(22)21-13-7-9-15-23(21)24/h3-15,18,24-25H,16-17H2,1-2H3,(H,29,34)(H,32,33)/t18?,25-/m0/s1. The number of carboxylic acids is 1. The molecule has 7 nitrogen and oxygen atoms in total. The lowest BCUT2D eigenvalue weighted by Crippen LogP contribution is -2.43. The average molecular weight is 473 g/mol. The molecular formula is C28H28N2O5. The summed E-state index contributed by atoms with van der Waals surface area (Å²) in [6.07, 6.45) is -0.714. The molecule has 2 atom stereocenters. The summed E-state index contributed by atoms with van der Waals surface area (Å²) in [5.41, 5.74) is 5.03. The molecule has 0 heterocycles. The second kappa shape index (κ2) is 10.4. The number of hydrogen-bond donors (Lipinski definition) is 2. The van der Waals surface area contributed by atoms with Gasteiger partial charge in [-0.3, -0.25) is 9.59 Å². The highest BCUT2D eigenvalue weighted by atomic mass is 16.5. The first kappa shape index (κ1) is 24.0. The third-order valence-corrected chi connectivity index (χ3v) is 6.33. The number of nitrogens with zero attached hydrogens (tertiary/aromatic N) is 1. The summed E-state index contributed by atoms with van der Waals surface area (Å²) in [5, 5.41) is 11.9. The SMILES string of the molecule is CC(CN(C)C(=O)[C@@H](NC(=O)OCC1c2ccccc2-c2ccccc21)c1ccccc1)C(=O)O. The minimum absolute atomic E-state index is 0.0177. The Bertz CT molecular complexity index is 1180. The molecule has 180 valence electrons. The zero-order chi connectivity index (χ0) is 24.9. The van der Waals surface area contributed by atoms with Crippen LogP contribution in [0, 0.1) is 5.92 Å². The Balaban J connectivity index is 1.48. The summed E-state index contributed by atoms with van der Waals surface area (Å²) in [6.45, 7) is 1.67. The highest BCUT2D eigenvalue weighted by Crippen LogP contribution is 2.44.